The minimum absolute atomic E-state index is 0.0556. The van der Waals surface area contributed by atoms with Crippen LogP contribution in [0.5, 0.6) is 5.75 Å². The fraction of sp³-hybridized carbons (Fsp3) is 0.364. The minimum atomic E-state index is -0.347. The SMILES string of the molecule is CC(C)Oc1c(F)ccc2cnn(C)c12. The van der Waals surface area contributed by atoms with Crippen molar-refractivity contribution in [1.29, 1.82) is 0 Å². The Morgan fingerprint density at radius 3 is 2.80 bits per heavy atom. The Hall–Kier alpha value is -1.58. The van der Waals surface area contributed by atoms with Crippen LogP contribution in [-0.4, -0.2) is 15.9 Å². The molecule has 0 radical (unpaired) electrons. The third-order valence-electron chi connectivity index (χ3n) is 2.16. The minimum Gasteiger partial charge on any atom is -0.486 e. The molecule has 1 heterocycles. The molecule has 3 nitrogen and oxygen atoms in total. The van der Waals surface area contributed by atoms with E-state index in [0.29, 0.717) is 5.52 Å². The number of halogens is 1. The first-order chi connectivity index (χ1) is 7.09. The third kappa shape index (κ3) is 1.67. The Morgan fingerprint density at radius 1 is 1.40 bits per heavy atom. The van der Waals surface area contributed by atoms with Crippen LogP contribution in [0.3, 0.4) is 0 Å². The molecule has 1 aromatic heterocycles. The number of hydrogen-bond donors (Lipinski definition) is 0. The molecule has 80 valence electrons. The largest absolute Gasteiger partial charge is 0.486 e. The lowest BCUT2D eigenvalue weighted by Gasteiger charge is -2.12. The summed E-state index contributed by atoms with van der Waals surface area (Å²) >= 11 is 0. The Bertz CT molecular complexity index is 491. The fourth-order valence-corrected chi connectivity index (χ4v) is 1.55. The molecular formula is C11H13FN2O. The molecule has 0 saturated heterocycles. The highest BCUT2D eigenvalue weighted by atomic mass is 19.1. The molecule has 1 aromatic carbocycles. The molecular weight excluding hydrogens is 195 g/mol. The number of rotatable bonds is 2. The van der Waals surface area contributed by atoms with Crippen molar-refractivity contribution >= 4 is 10.9 Å². The van der Waals surface area contributed by atoms with Crippen molar-refractivity contribution in [2.75, 3.05) is 0 Å². The smallest absolute Gasteiger partial charge is 0.181 e. The van der Waals surface area contributed by atoms with Crippen molar-refractivity contribution in [3.8, 4) is 5.75 Å². The van der Waals surface area contributed by atoms with E-state index in [0.717, 1.165) is 5.39 Å². The summed E-state index contributed by atoms with van der Waals surface area (Å²) in [4.78, 5) is 0. The van der Waals surface area contributed by atoms with Crippen LogP contribution in [0.4, 0.5) is 4.39 Å². The fourth-order valence-electron chi connectivity index (χ4n) is 1.55. The molecule has 15 heavy (non-hydrogen) atoms. The second-order valence-corrected chi connectivity index (χ2v) is 3.75. The topological polar surface area (TPSA) is 27.1 Å². The number of benzene rings is 1. The molecule has 0 aliphatic heterocycles. The van der Waals surface area contributed by atoms with Crippen molar-refractivity contribution in [2.24, 2.45) is 7.05 Å². The summed E-state index contributed by atoms with van der Waals surface area (Å²) < 4.78 is 20.7. The van der Waals surface area contributed by atoms with Crippen LogP contribution >= 0.6 is 0 Å². The maximum absolute atomic E-state index is 13.6. The van der Waals surface area contributed by atoms with Gasteiger partial charge in [0.15, 0.2) is 11.6 Å². The van der Waals surface area contributed by atoms with Crippen LogP contribution in [0.25, 0.3) is 10.9 Å². The number of ether oxygens (including phenoxy) is 1. The van der Waals surface area contributed by atoms with E-state index in [-0.39, 0.29) is 17.7 Å². The standard InChI is InChI=1S/C11H13FN2O/c1-7(2)15-11-9(12)5-4-8-6-13-14(3)10(8)11/h4-7H,1-3H3. The van der Waals surface area contributed by atoms with E-state index in [4.69, 9.17) is 4.74 Å². The van der Waals surface area contributed by atoms with Crippen LogP contribution in [0.2, 0.25) is 0 Å². The Kier molecular flexibility index (Phi) is 2.34. The molecule has 2 rings (SSSR count). The number of fused-ring (bicyclic) bond motifs is 1. The summed E-state index contributed by atoms with van der Waals surface area (Å²) in [6.45, 7) is 3.74. The average molecular weight is 208 g/mol. The van der Waals surface area contributed by atoms with Crippen molar-refractivity contribution in [1.82, 2.24) is 9.78 Å². The third-order valence-corrected chi connectivity index (χ3v) is 2.16. The van der Waals surface area contributed by atoms with E-state index < -0.39 is 0 Å². The monoisotopic (exact) mass is 208 g/mol. The highest BCUT2D eigenvalue weighted by Crippen LogP contribution is 2.28. The number of aryl methyl sites for hydroxylation is 1. The maximum atomic E-state index is 13.6. The molecule has 0 N–H and O–H groups in total. The van der Waals surface area contributed by atoms with E-state index >= 15 is 0 Å². The van der Waals surface area contributed by atoms with Crippen LogP contribution in [-0.2, 0) is 7.05 Å². The zero-order valence-electron chi connectivity index (χ0n) is 8.99. The second kappa shape index (κ2) is 3.53. The van der Waals surface area contributed by atoms with E-state index in [1.54, 1.807) is 24.0 Å². The molecule has 2 aromatic rings. The first-order valence-corrected chi connectivity index (χ1v) is 4.86. The van der Waals surface area contributed by atoms with Gasteiger partial charge in [0.2, 0.25) is 0 Å². The van der Waals surface area contributed by atoms with Gasteiger partial charge in [-0.25, -0.2) is 4.39 Å². The molecule has 0 saturated carbocycles. The first-order valence-electron chi connectivity index (χ1n) is 4.86. The molecule has 0 amide bonds. The van der Waals surface area contributed by atoms with Gasteiger partial charge in [-0.05, 0) is 26.0 Å². The van der Waals surface area contributed by atoms with Crippen molar-refractivity contribution in [2.45, 2.75) is 20.0 Å². The molecule has 0 aliphatic carbocycles. The van der Waals surface area contributed by atoms with E-state index in [2.05, 4.69) is 5.10 Å². The predicted molar refractivity (Wildman–Crippen MR) is 56.4 cm³/mol. The summed E-state index contributed by atoms with van der Waals surface area (Å²) in [6, 6.07) is 3.10. The van der Waals surface area contributed by atoms with Crippen molar-refractivity contribution in [3.63, 3.8) is 0 Å². The number of aromatic nitrogens is 2. The lowest BCUT2D eigenvalue weighted by molar-refractivity contribution is 0.233. The summed E-state index contributed by atoms with van der Waals surface area (Å²) in [7, 11) is 1.77. The van der Waals surface area contributed by atoms with E-state index in [1.807, 2.05) is 13.8 Å². The molecule has 0 fully saturated rings. The van der Waals surface area contributed by atoms with E-state index in [1.165, 1.54) is 6.07 Å². The molecule has 4 heteroatoms. The average Bonchev–Trinajstić information content (AvgIpc) is 2.52. The molecule has 0 aliphatic rings. The zero-order chi connectivity index (χ0) is 11.0. The van der Waals surface area contributed by atoms with Gasteiger partial charge in [0.25, 0.3) is 0 Å². The Morgan fingerprint density at radius 2 is 2.13 bits per heavy atom. The quantitative estimate of drug-likeness (QED) is 0.758. The van der Waals surface area contributed by atoms with Gasteiger partial charge in [0.05, 0.1) is 12.3 Å². The van der Waals surface area contributed by atoms with Gasteiger partial charge in [-0.2, -0.15) is 5.10 Å². The Labute approximate surface area is 87.5 Å². The second-order valence-electron chi connectivity index (χ2n) is 3.75. The summed E-state index contributed by atoms with van der Waals surface area (Å²) in [5, 5.41) is 4.96. The first kappa shape index (κ1) is 9.96. The predicted octanol–water partition coefficient (Wildman–Crippen LogP) is 2.50. The van der Waals surface area contributed by atoms with Gasteiger partial charge < -0.3 is 4.74 Å². The number of hydrogen-bond acceptors (Lipinski definition) is 2. The normalized spacial score (nSPS) is 11.3. The lowest BCUT2D eigenvalue weighted by atomic mass is 10.2. The van der Waals surface area contributed by atoms with Crippen LogP contribution in [0.15, 0.2) is 18.3 Å². The van der Waals surface area contributed by atoms with E-state index in [9.17, 15) is 4.39 Å². The van der Waals surface area contributed by atoms with Gasteiger partial charge in [-0.3, -0.25) is 4.68 Å². The lowest BCUT2D eigenvalue weighted by Crippen LogP contribution is -2.08. The van der Waals surface area contributed by atoms with Gasteiger partial charge in [-0.1, -0.05) is 0 Å². The maximum Gasteiger partial charge on any atom is 0.181 e. The summed E-state index contributed by atoms with van der Waals surface area (Å²) in [5.41, 5.74) is 0.698. The van der Waals surface area contributed by atoms with Crippen molar-refractivity contribution < 1.29 is 9.13 Å². The van der Waals surface area contributed by atoms with Gasteiger partial charge in [0.1, 0.15) is 5.52 Å². The van der Waals surface area contributed by atoms with Gasteiger partial charge >= 0.3 is 0 Å². The molecule has 0 atom stereocenters. The molecule has 0 spiro atoms. The van der Waals surface area contributed by atoms with Crippen molar-refractivity contribution in [3.05, 3.63) is 24.1 Å². The summed E-state index contributed by atoms with van der Waals surface area (Å²) in [6.07, 6.45) is 1.64. The molecule has 0 bridgehead atoms. The highest BCUT2D eigenvalue weighted by molar-refractivity contribution is 5.84. The zero-order valence-corrected chi connectivity index (χ0v) is 8.99. The summed E-state index contributed by atoms with van der Waals surface area (Å²) in [5.74, 6) is -0.0673. The molecule has 0 unspecified atom stereocenters. The van der Waals surface area contributed by atoms with Crippen LogP contribution < -0.4 is 4.74 Å². The van der Waals surface area contributed by atoms with Gasteiger partial charge in [-0.15, -0.1) is 0 Å². The van der Waals surface area contributed by atoms with Crippen LogP contribution in [0.1, 0.15) is 13.8 Å². The van der Waals surface area contributed by atoms with Crippen LogP contribution in [0, 0.1) is 5.82 Å². The number of nitrogens with zero attached hydrogens (tertiary/aromatic N) is 2. The van der Waals surface area contributed by atoms with Gasteiger partial charge in [0, 0.05) is 12.4 Å². The Balaban J connectivity index is 2.67. The highest BCUT2D eigenvalue weighted by Gasteiger charge is 2.13.